The van der Waals surface area contributed by atoms with Crippen molar-refractivity contribution in [3.63, 3.8) is 0 Å². The zero-order chi connectivity index (χ0) is 39.8. The average Bonchev–Trinajstić information content (AvgIpc) is 3.97. The number of ketones is 1. The van der Waals surface area contributed by atoms with Crippen LogP contribution in [0.15, 0.2) is 11.1 Å². The molecule has 1 aliphatic heterocycles. The lowest BCUT2D eigenvalue weighted by Crippen LogP contribution is -2.49. The number of hydrogen-bond acceptors (Lipinski definition) is 6. The van der Waals surface area contributed by atoms with Gasteiger partial charge in [-0.2, -0.15) is 0 Å². The first kappa shape index (κ1) is 44.9. The number of hydrogen-bond donors (Lipinski definition) is 2. The van der Waals surface area contributed by atoms with Crippen LogP contribution in [-0.2, 0) is 9.59 Å². The molecule has 4 rings (SSSR count). The quantitative estimate of drug-likeness (QED) is 0.0970. The van der Waals surface area contributed by atoms with Crippen molar-refractivity contribution in [3.05, 3.63) is 31.5 Å². The summed E-state index contributed by atoms with van der Waals surface area (Å²) in [5.74, 6) is 50.4. The lowest BCUT2D eigenvalue weighted by molar-refractivity contribution is -0.127. The second kappa shape index (κ2) is 28.6. The topological polar surface area (TPSA) is 144 Å². The number of allylic oxidation sites excluding steroid dienone is 1. The van der Waals surface area contributed by atoms with Crippen molar-refractivity contribution in [2.24, 2.45) is 23.7 Å². The molecule has 0 radical (unpaired) electrons. The molecule has 4 atom stereocenters. The summed E-state index contributed by atoms with van der Waals surface area (Å²) >= 11 is 0. The smallest absolute Gasteiger partial charge is 0.234 e. The number of carbonyl (C=O) groups is 2. The molecule has 54 heavy (non-hydrogen) atoms. The molecule has 1 heterocycles. The molecule has 2 N–H and O–H groups in total. The Morgan fingerprint density at radius 3 is 1.56 bits per heavy atom. The maximum atomic E-state index is 12.9. The molecule has 4 unspecified atom stereocenters. The first-order valence-electron chi connectivity index (χ1n) is 17.2. The fourth-order valence-corrected chi connectivity index (χ4v) is 6.43. The van der Waals surface area contributed by atoms with Crippen LogP contribution in [0.25, 0.3) is 10.4 Å². The summed E-state index contributed by atoms with van der Waals surface area (Å²) in [4.78, 5) is 43.7. The number of rotatable bonds is 5. The number of piperidine rings is 1. The van der Waals surface area contributed by atoms with Crippen molar-refractivity contribution >= 4 is 11.7 Å². The van der Waals surface area contributed by atoms with E-state index in [9.17, 15) is 9.59 Å². The largest absolute Gasteiger partial charge is 0.351 e. The van der Waals surface area contributed by atoms with E-state index in [-0.39, 0.29) is 35.0 Å². The molecule has 0 aromatic heterocycles. The van der Waals surface area contributed by atoms with E-state index in [1.807, 2.05) is 0 Å². The fourth-order valence-electron chi connectivity index (χ4n) is 6.43. The van der Waals surface area contributed by atoms with Crippen LogP contribution in [0.4, 0.5) is 0 Å². The third kappa shape index (κ3) is 18.8. The van der Waals surface area contributed by atoms with Gasteiger partial charge in [0.05, 0.1) is 6.54 Å². The molecule has 1 saturated heterocycles. The van der Waals surface area contributed by atoms with Gasteiger partial charge in [-0.1, -0.05) is 30.4 Å². The maximum Gasteiger partial charge on any atom is 0.234 e. The minimum atomic E-state index is 0. The first-order valence-corrected chi connectivity index (χ1v) is 17.2. The van der Waals surface area contributed by atoms with Gasteiger partial charge in [-0.25, -0.2) is 0 Å². The highest BCUT2D eigenvalue weighted by Crippen LogP contribution is 2.48. The molecule has 3 saturated carbocycles. The molecule has 4 fully saturated rings. The van der Waals surface area contributed by atoms with Crippen molar-refractivity contribution in [2.45, 2.75) is 77.7 Å². The lowest BCUT2D eigenvalue weighted by atomic mass is 9.80. The summed E-state index contributed by atoms with van der Waals surface area (Å²) in [6.07, 6.45) is 20.2. The van der Waals surface area contributed by atoms with Crippen molar-refractivity contribution < 1.29 is 26.7 Å². The summed E-state index contributed by atoms with van der Waals surface area (Å²) in [6.45, 7) is 6.84. The van der Waals surface area contributed by atoms with Crippen molar-refractivity contribution in [3.8, 4) is 131 Å². The van der Waals surface area contributed by atoms with Gasteiger partial charge in [0.1, 0.15) is 5.78 Å². The SMILES string of the molecule is C#CC#CC#CC#CC#CC#CC#CC#CC#CC#CC#C.CC(C)=C1CCN(CC(=O)NC2C(C(=O)C3CC3)CC3CCCCC32)CC1.O=O.[HH].[HH].[HH].[HH].[HH].[HH].[HH].[HH].[HH].[HH].[HH].[HH].[N-]=[N+]=N. The molecule has 0 aromatic carbocycles. The Morgan fingerprint density at radius 2 is 1.17 bits per heavy atom. The van der Waals surface area contributed by atoms with Crippen LogP contribution in [0.3, 0.4) is 0 Å². The van der Waals surface area contributed by atoms with Crippen molar-refractivity contribution in [1.82, 2.24) is 10.2 Å². The number of nitrogens with one attached hydrogen (secondary N) is 2. The maximum absolute atomic E-state index is 12.9. The van der Waals surface area contributed by atoms with Gasteiger partial charge >= 0.3 is 0 Å². The lowest BCUT2D eigenvalue weighted by Gasteiger charge is -2.32. The third-order valence-electron chi connectivity index (χ3n) is 8.83. The second-order valence-corrected chi connectivity index (χ2v) is 12.3. The first-order chi connectivity index (χ1) is 26.4. The van der Waals surface area contributed by atoms with E-state index in [0.29, 0.717) is 30.1 Å². The summed E-state index contributed by atoms with van der Waals surface area (Å²) in [6, 6.07) is 0.106. The highest BCUT2D eigenvalue weighted by molar-refractivity contribution is 5.87. The summed E-state index contributed by atoms with van der Waals surface area (Å²) < 4.78 is 0. The molecule has 1 amide bonds. The average molecular weight is 738 g/mol. The Balaban J connectivity index is -0.0000000699. The van der Waals surface area contributed by atoms with Crippen LogP contribution in [0.1, 0.15) is 88.8 Å². The minimum Gasteiger partial charge on any atom is -0.351 e. The number of amides is 1. The Hall–Kier alpha value is -7.09. The zero-order valence-electron chi connectivity index (χ0n) is 30.5. The molecule has 0 spiro atoms. The summed E-state index contributed by atoms with van der Waals surface area (Å²) in [7, 11) is 0. The molecule has 292 valence electrons. The molecule has 0 aromatic rings. The molecule has 3 aliphatic carbocycles. The van der Waals surface area contributed by atoms with E-state index in [2.05, 4.69) is 142 Å². The highest BCUT2D eigenvalue weighted by Gasteiger charge is 2.50. The van der Waals surface area contributed by atoms with Crippen molar-refractivity contribution in [2.75, 3.05) is 19.6 Å². The molecule has 9 nitrogen and oxygen atoms in total. The Kier molecular flexibility index (Phi) is 23.8. The summed E-state index contributed by atoms with van der Waals surface area (Å²) in [5, 5.41) is 3.36. The van der Waals surface area contributed by atoms with Gasteiger partial charge in [-0.15, -0.1) is 18.4 Å². The minimum absolute atomic E-state index is 0. The van der Waals surface area contributed by atoms with E-state index in [0.717, 1.165) is 45.2 Å². The van der Waals surface area contributed by atoms with Crippen LogP contribution in [0.2, 0.25) is 0 Å². The summed E-state index contributed by atoms with van der Waals surface area (Å²) in [5.41, 5.74) is 15.2. The molecule has 4 aliphatic rings. The predicted octanol–water partition coefficient (Wildman–Crippen LogP) is 7.89. The normalized spacial score (nSPS) is 18.9. The van der Waals surface area contributed by atoms with E-state index in [1.54, 1.807) is 10.5 Å². The Labute approximate surface area is 337 Å². The fraction of sp³-hybridized carbons (Fsp3) is 0.422. The van der Waals surface area contributed by atoms with Crippen LogP contribution >= 0.6 is 0 Å². The van der Waals surface area contributed by atoms with Gasteiger partial charge < -0.3 is 5.32 Å². The standard InChI is InChI=1S/C23H36N2O2.C22H2.HN3.O2.12H2/c1-15(2)16-9-11-25(12-10-16)14-21(26)24-22-19-6-4-3-5-18(19)13-20(22)23(27)17-7-8-17;1-3-5-7-9-11-13-15-17-19-21-22-20-18-16-14-12-10-8-6-4-2;1-3-2;1-2;;;;;;;;;;;;/h17-20,22H,3-14H2,1-2H3,(H,24,26);1-2H;1H;;12*1H. The van der Waals surface area contributed by atoms with Crippen molar-refractivity contribution in [1.29, 1.82) is 5.53 Å². The van der Waals surface area contributed by atoms with Gasteiger partial charge in [-0.3, -0.25) is 14.5 Å². The van der Waals surface area contributed by atoms with Crippen LogP contribution < -0.4 is 5.32 Å². The van der Waals surface area contributed by atoms with E-state index < -0.39 is 0 Å². The number of terminal acetylenes is 2. The van der Waals surface area contributed by atoms with E-state index in [1.165, 1.54) is 31.3 Å². The number of carbonyl (C=O) groups excluding carboxylic acids is 2. The third-order valence-corrected chi connectivity index (χ3v) is 8.83. The molecule has 9 heteroatoms. The van der Waals surface area contributed by atoms with Gasteiger partial charge in [0, 0.05) is 81.7 Å². The molecule has 0 bridgehead atoms. The highest BCUT2D eigenvalue weighted by atomic mass is 16.7. The van der Waals surface area contributed by atoms with Crippen LogP contribution in [0, 0.1) is 170 Å². The van der Waals surface area contributed by atoms with Gasteiger partial charge in [0.15, 0.2) is 0 Å². The van der Waals surface area contributed by atoms with Gasteiger partial charge in [0.25, 0.3) is 0 Å². The van der Waals surface area contributed by atoms with Crippen LogP contribution in [-0.4, -0.2) is 42.3 Å². The van der Waals surface area contributed by atoms with E-state index >= 15 is 0 Å². The van der Waals surface area contributed by atoms with E-state index in [4.69, 9.17) is 33.8 Å². The number of likely N-dealkylation sites (tertiary alicyclic amines) is 1. The van der Waals surface area contributed by atoms with Crippen LogP contribution in [0.5, 0.6) is 0 Å². The second-order valence-electron chi connectivity index (χ2n) is 12.3. The van der Waals surface area contributed by atoms with Gasteiger partial charge in [0.2, 0.25) is 5.91 Å². The Bertz CT molecular complexity index is 2050. The number of fused-ring (bicyclic) bond motifs is 1. The van der Waals surface area contributed by atoms with Gasteiger partial charge in [-0.05, 0) is 169 Å². The molecular weight excluding hydrogens is 675 g/mol. The Morgan fingerprint density at radius 1 is 0.759 bits per heavy atom. The molecular formula is C45H63N5O4. The monoisotopic (exact) mass is 737 g/mol. The number of nitrogens with zero attached hydrogens (tertiary/aromatic N) is 3. The predicted molar refractivity (Wildman–Crippen MR) is 236 cm³/mol. The number of Topliss-reactive ketones (excluding diaryl/α,β-unsaturated/α-hetero) is 1. The zero-order valence-corrected chi connectivity index (χ0v) is 30.5.